The van der Waals surface area contributed by atoms with Crippen LogP contribution >= 0.6 is 17.2 Å². The summed E-state index contributed by atoms with van der Waals surface area (Å²) in [4.78, 5) is 0. The molecule has 0 aromatic heterocycles. The number of hydrogen-bond donors (Lipinski definition) is 0. The minimum absolute atomic E-state index is 1.36. The Labute approximate surface area is 177 Å². The average Bonchev–Trinajstić information content (AvgIpc) is 3.12. The van der Waals surface area contributed by atoms with Gasteiger partial charge in [0.05, 0.1) is 0 Å². The van der Waals surface area contributed by atoms with E-state index in [1.807, 2.05) is 10.7 Å². The zero-order chi connectivity index (χ0) is 20.0. The van der Waals surface area contributed by atoms with Crippen LogP contribution < -0.4 is 0 Å². The predicted octanol–water partition coefficient (Wildman–Crippen LogP) is 8.09. The van der Waals surface area contributed by atoms with Crippen LogP contribution in [0.15, 0.2) is 60.7 Å². The van der Waals surface area contributed by atoms with Gasteiger partial charge < -0.3 is 0 Å². The second-order valence-electron chi connectivity index (χ2n) is 6.66. The molecule has 0 amide bonds. The Morgan fingerprint density at radius 1 is 0.704 bits per heavy atom. The smallest absolute Gasteiger partial charge is 0.0576 e. The molecule has 0 atom stereocenters. The molecule has 0 bridgehead atoms. The monoisotopic (exact) mass is 564 g/mol. The summed E-state index contributed by atoms with van der Waals surface area (Å²) in [5.41, 5.74) is 5.62. The molecule has 0 aliphatic rings. The molecule has 4 aromatic carbocycles. The number of rotatable bonds is 0. The fourth-order valence-electron chi connectivity index (χ4n) is 3.04. The van der Waals surface area contributed by atoms with E-state index >= 15 is 0 Å². The third kappa shape index (κ3) is 5.98. The van der Waals surface area contributed by atoms with Gasteiger partial charge in [-0.05, 0) is 0 Å². The first kappa shape index (κ1) is 22.3. The van der Waals surface area contributed by atoms with Gasteiger partial charge in [-0.2, -0.15) is 11.1 Å². The zero-order valence-electron chi connectivity index (χ0n) is 16.6. The molecule has 3 heteroatoms. The Balaban J connectivity index is 0.000000157. The largest absolute Gasteiger partial charge is 0.154 e. The molecule has 0 saturated carbocycles. The van der Waals surface area contributed by atoms with Crippen molar-refractivity contribution in [1.29, 1.82) is 0 Å². The van der Waals surface area contributed by atoms with E-state index in [1.165, 1.54) is 43.8 Å². The van der Waals surface area contributed by atoms with Crippen molar-refractivity contribution in [1.82, 2.24) is 0 Å². The van der Waals surface area contributed by atoms with Crippen LogP contribution in [0.5, 0.6) is 0 Å². The first-order valence-electron chi connectivity index (χ1n) is 9.05. The van der Waals surface area contributed by atoms with Gasteiger partial charge in [0, 0.05) is 0 Å². The Morgan fingerprint density at radius 3 is 1.33 bits per heavy atom. The van der Waals surface area contributed by atoms with E-state index in [0.29, 0.717) is 0 Å². The molecule has 4 rings (SSSR count). The number of aryl methyl sites for hydroxylation is 4. The summed E-state index contributed by atoms with van der Waals surface area (Å²) in [6.07, 6.45) is 0. The van der Waals surface area contributed by atoms with Crippen molar-refractivity contribution in [2.45, 2.75) is 34.6 Å². The number of fused-ring (bicyclic) bond motifs is 2. The molecule has 0 heterocycles. The van der Waals surface area contributed by atoms with Crippen LogP contribution in [-0.4, -0.2) is 3.76 Å². The van der Waals surface area contributed by atoms with Crippen molar-refractivity contribution in [2.75, 3.05) is 0 Å². The number of hydrogen-bond acceptors (Lipinski definition) is 0. The van der Waals surface area contributed by atoms with E-state index in [0.717, 1.165) is 0 Å². The van der Waals surface area contributed by atoms with Crippen molar-refractivity contribution in [3.8, 4) is 0 Å². The first-order valence-corrected chi connectivity index (χ1v) is 20.0. The first-order chi connectivity index (χ1) is 12.8. The molecule has 27 heavy (non-hydrogen) atoms. The van der Waals surface area contributed by atoms with Crippen LogP contribution in [0, 0.1) is 27.7 Å². The van der Waals surface area contributed by atoms with Gasteiger partial charge in [-0.1, -0.05) is 39.8 Å². The maximum atomic E-state index is 5.39. The minimum atomic E-state index is -1.88. The quantitative estimate of drug-likeness (QED) is 0.150. The fraction of sp³-hybridized carbons (Fsp3) is 0.208. The minimum Gasteiger partial charge on any atom is -0.154 e. The molecule has 142 valence electrons. The number of halogens is 2. The standard InChI is InChI=1S/2C11H11.C2H4.2ClH.Hf/c2*1-8-7-10-5-3-4-6-11(10)9(8)2;1-2;;;/h2*3-7H,1-2H3;1H,2H3;2*1H;/q2*-1;;;;+2/p-2. The molecular formula is C24H26Cl2Hf-2. The van der Waals surface area contributed by atoms with E-state index in [-0.39, 0.29) is 0 Å². The van der Waals surface area contributed by atoms with Crippen molar-refractivity contribution in [2.24, 2.45) is 0 Å². The third-order valence-corrected chi connectivity index (χ3v) is 10.0. The van der Waals surface area contributed by atoms with Gasteiger partial charge in [-0.15, -0.1) is 81.2 Å². The van der Waals surface area contributed by atoms with Gasteiger partial charge in [0.25, 0.3) is 0 Å². The molecular weight excluding hydrogens is 538 g/mol. The summed E-state index contributed by atoms with van der Waals surface area (Å²) in [5, 5.41) is 5.51. The summed E-state index contributed by atoms with van der Waals surface area (Å²) >= 11 is -1.88. The van der Waals surface area contributed by atoms with E-state index in [4.69, 9.17) is 17.2 Å². The molecule has 0 aliphatic carbocycles. The maximum Gasteiger partial charge on any atom is -0.0576 e. The Hall–Kier alpha value is -1.02. The van der Waals surface area contributed by atoms with Crippen LogP contribution in [0.3, 0.4) is 0 Å². The van der Waals surface area contributed by atoms with Crippen molar-refractivity contribution in [3.05, 3.63) is 82.9 Å². The van der Waals surface area contributed by atoms with Crippen LogP contribution in [0.4, 0.5) is 0 Å². The second kappa shape index (κ2) is 10.5. The topological polar surface area (TPSA) is 0 Å². The van der Waals surface area contributed by atoms with Crippen molar-refractivity contribution in [3.63, 3.8) is 0 Å². The van der Waals surface area contributed by atoms with E-state index in [9.17, 15) is 0 Å². The molecule has 0 spiro atoms. The SMILES string of the molecule is C[CH]=[Hf]([Cl])[Cl].Cc1[cH-]c2ccccc2c1C.Cc1[cH-]c2ccccc2c1C. The Bertz CT molecular complexity index is 969. The van der Waals surface area contributed by atoms with Gasteiger partial charge in [0.15, 0.2) is 0 Å². The van der Waals surface area contributed by atoms with Gasteiger partial charge in [-0.25, -0.2) is 0 Å². The molecule has 0 fully saturated rings. The molecule has 0 radical (unpaired) electrons. The summed E-state index contributed by atoms with van der Waals surface area (Å²) < 4.78 is 1.91. The Kier molecular flexibility index (Phi) is 8.66. The third-order valence-electron chi connectivity index (χ3n) is 4.87. The summed E-state index contributed by atoms with van der Waals surface area (Å²) in [7, 11) is 10.8. The molecule has 0 nitrogen and oxygen atoms in total. The van der Waals surface area contributed by atoms with Crippen LogP contribution in [0.1, 0.15) is 29.2 Å². The molecule has 0 aliphatic heterocycles. The van der Waals surface area contributed by atoms with Gasteiger partial charge in [0.2, 0.25) is 0 Å². The molecule has 4 aromatic rings. The van der Waals surface area contributed by atoms with Crippen molar-refractivity contribution < 1.29 is 18.6 Å². The fourth-order valence-corrected chi connectivity index (χ4v) is 3.04. The second-order valence-corrected chi connectivity index (χ2v) is 19.1. The van der Waals surface area contributed by atoms with Crippen molar-refractivity contribution >= 4 is 42.5 Å². The summed E-state index contributed by atoms with van der Waals surface area (Å²) in [5.74, 6) is 0. The van der Waals surface area contributed by atoms with Gasteiger partial charge >= 0.3 is 46.4 Å². The Morgan fingerprint density at radius 2 is 1.04 bits per heavy atom. The van der Waals surface area contributed by atoms with Crippen LogP contribution in [0.25, 0.3) is 21.5 Å². The van der Waals surface area contributed by atoms with Crippen LogP contribution in [-0.2, 0) is 18.6 Å². The normalized spacial score (nSPS) is 10.0. The van der Waals surface area contributed by atoms with Gasteiger partial charge in [0.1, 0.15) is 0 Å². The zero-order valence-corrected chi connectivity index (χ0v) is 21.7. The average molecular weight is 564 g/mol. The predicted molar refractivity (Wildman–Crippen MR) is 121 cm³/mol. The maximum absolute atomic E-state index is 5.39. The molecule has 0 unspecified atom stereocenters. The van der Waals surface area contributed by atoms with Gasteiger partial charge in [-0.3, -0.25) is 0 Å². The van der Waals surface area contributed by atoms with E-state index in [1.54, 1.807) is 0 Å². The summed E-state index contributed by atoms with van der Waals surface area (Å²) in [6.45, 7) is 10.6. The molecule has 0 N–H and O–H groups in total. The molecule has 0 saturated heterocycles. The van der Waals surface area contributed by atoms with Crippen LogP contribution in [0.2, 0.25) is 0 Å². The van der Waals surface area contributed by atoms with E-state index < -0.39 is 18.6 Å². The summed E-state index contributed by atoms with van der Waals surface area (Å²) in [6, 6.07) is 21.5. The number of benzene rings is 2. The van der Waals surface area contributed by atoms with E-state index in [2.05, 4.69) is 88.4 Å².